The number of aromatic amines is 1. The summed E-state index contributed by atoms with van der Waals surface area (Å²) in [5.41, 5.74) is 1.98. The summed E-state index contributed by atoms with van der Waals surface area (Å²) in [5, 5.41) is 0. The van der Waals surface area contributed by atoms with Crippen LogP contribution in [0, 0.1) is 5.82 Å². The molecular formula is C20H19FN4O. The first-order chi connectivity index (χ1) is 12.7. The minimum Gasteiger partial charge on any atom is -0.310 e. The minimum atomic E-state index is -0.180. The van der Waals surface area contributed by atoms with E-state index in [0.29, 0.717) is 23.6 Å². The van der Waals surface area contributed by atoms with Crippen LogP contribution in [0.15, 0.2) is 59.7 Å². The lowest BCUT2D eigenvalue weighted by atomic mass is 10.1. The number of aromatic nitrogens is 3. The Labute approximate surface area is 150 Å². The van der Waals surface area contributed by atoms with Crippen molar-refractivity contribution in [1.29, 1.82) is 0 Å². The van der Waals surface area contributed by atoms with Gasteiger partial charge in [-0.3, -0.25) is 14.7 Å². The average molecular weight is 350 g/mol. The van der Waals surface area contributed by atoms with Crippen molar-refractivity contribution < 1.29 is 4.39 Å². The van der Waals surface area contributed by atoms with Crippen LogP contribution in [0.2, 0.25) is 0 Å². The van der Waals surface area contributed by atoms with Crippen molar-refractivity contribution in [2.75, 3.05) is 13.1 Å². The SMILES string of the molecule is O=c1cc(-c2cccnc2)nc([C@@H]2CCN(Cc3ccccc3F)C2)[nH]1. The Balaban J connectivity index is 1.53. The Morgan fingerprint density at radius 1 is 1.23 bits per heavy atom. The molecule has 1 aliphatic heterocycles. The summed E-state index contributed by atoms with van der Waals surface area (Å²) in [6.07, 6.45) is 4.27. The largest absolute Gasteiger partial charge is 0.310 e. The third-order valence-corrected chi connectivity index (χ3v) is 4.73. The van der Waals surface area contributed by atoms with Crippen molar-refractivity contribution in [3.05, 3.63) is 82.4 Å². The van der Waals surface area contributed by atoms with E-state index in [4.69, 9.17) is 0 Å². The number of likely N-dealkylation sites (tertiary alicyclic amines) is 1. The molecule has 0 spiro atoms. The topological polar surface area (TPSA) is 61.9 Å². The summed E-state index contributed by atoms with van der Waals surface area (Å²) < 4.78 is 13.9. The minimum absolute atomic E-state index is 0.131. The molecule has 4 rings (SSSR count). The van der Waals surface area contributed by atoms with Crippen molar-refractivity contribution in [3.63, 3.8) is 0 Å². The van der Waals surface area contributed by atoms with Gasteiger partial charge in [0, 0.05) is 48.6 Å². The van der Waals surface area contributed by atoms with Gasteiger partial charge in [0.25, 0.3) is 5.56 Å². The second-order valence-electron chi connectivity index (χ2n) is 6.57. The molecule has 1 aliphatic rings. The molecule has 1 fully saturated rings. The maximum atomic E-state index is 13.9. The predicted octanol–water partition coefficient (Wildman–Crippen LogP) is 2.96. The van der Waals surface area contributed by atoms with E-state index >= 15 is 0 Å². The fourth-order valence-corrected chi connectivity index (χ4v) is 3.40. The number of hydrogen-bond acceptors (Lipinski definition) is 4. The van der Waals surface area contributed by atoms with Crippen LogP contribution < -0.4 is 5.56 Å². The predicted molar refractivity (Wildman–Crippen MR) is 97.1 cm³/mol. The lowest BCUT2D eigenvalue weighted by molar-refractivity contribution is 0.320. The molecule has 1 aromatic carbocycles. The van der Waals surface area contributed by atoms with Crippen molar-refractivity contribution in [2.45, 2.75) is 18.9 Å². The molecule has 1 N–H and O–H groups in total. The van der Waals surface area contributed by atoms with Crippen LogP contribution in [0.25, 0.3) is 11.3 Å². The van der Waals surface area contributed by atoms with Crippen LogP contribution in [0.5, 0.6) is 0 Å². The van der Waals surface area contributed by atoms with Crippen molar-refractivity contribution in [1.82, 2.24) is 19.9 Å². The van der Waals surface area contributed by atoms with E-state index < -0.39 is 0 Å². The second-order valence-corrected chi connectivity index (χ2v) is 6.57. The molecule has 6 heteroatoms. The molecule has 0 radical (unpaired) electrons. The highest BCUT2D eigenvalue weighted by Gasteiger charge is 2.26. The first-order valence-corrected chi connectivity index (χ1v) is 8.66. The van der Waals surface area contributed by atoms with Crippen LogP contribution in [0.4, 0.5) is 4.39 Å². The lowest BCUT2D eigenvalue weighted by Gasteiger charge is -2.16. The number of nitrogens with one attached hydrogen (secondary N) is 1. The third-order valence-electron chi connectivity index (χ3n) is 4.73. The van der Waals surface area contributed by atoms with E-state index in [1.165, 1.54) is 12.1 Å². The molecule has 0 unspecified atom stereocenters. The van der Waals surface area contributed by atoms with Gasteiger partial charge < -0.3 is 4.98 Å². The number of hydrogen-bond donors (Lipinski definition) is 1. The molecule has 132 valence electrons. The standard InChI is InChI=1S/C20H19FN4O/c21-17-6-2-1-4-15(17)12-25-9-7-16(13-25)20-23-18(10-19(26)24-20)14-5-3-8-22-11-14/h1-6,8,10-11,16H,7,9,12-13H2,(H,23,24,26)/t16-/m1/s1. The molecule has 0 saturated carbocycles. The van der Waals surface area contributed by atoms with Crippen LogP contribution >= 0.6 is 0 Å². The number of nitrogens with zero attached hydrogens (tertiary/aromatic N) is 3. The molecule has 1 atom stereocenters. The molecule has 5 nitrogen and oxygen atoms in total. The van der Waals surface area contributed by atoms with E-state index in [0.717, 1.165) is 25.1 Å². The Kier molecular flexibility index (Phi) is 4.58. The van der Waals surface area contributed by atoms with Gasteiger partial charge in [-0.05, 0) is 31.2 Å². The fraction of sp³-hybridized carbons (Fsp3) is 0.250. The van der Waals surface area contributed by atoms with Crippen LogP contribution in [-0.2, 0) is 6.54 Å². The zero-order valence-electron chi connectivity index (χ0n) is 14.2. The Hall–Kier alpha value is -2.86. The van der Waals surface area contributed by atoms with Crippen molar-refractivity contribution in [3.8, 4) is 11.3 Å². The summed E-state index contributed by atoms with van der Waals surface area (Å²) in [6.45, 7) is 2.16. The molecule has 26 heavy (non-hydrogen) atoms. The normalized spacial score (nSPS) is 17.5. The molecular weight excluding hydrogens is 331 g/mol. The van der Waals surface area contributed by atoms with Crippen LogP contribution in [-0.4, -0.2) is 32.9 Å². The quantitative estimate of drug-likeness (QED) is 0.786. The number of rotatable bonds is 4. The van der Waals surface area contributed by atoms with Gasteiger partial charge in [-0.2, -0.15) is 0 Å². The fourth-order valence-electron chi connectivity index (χ4n) is 3.40. The molecule has 3 heterocycles. The highest BCUT2D eigenvalue weighted by molar-refractivity contribution is 5.56. The lowest BCUT2D eigenvalue weighted by Crippen LogP contribution is -2.22. The number of benzene rings is 1. The first-order valence-electron chi connectivity index (χ1n) is 8.66. The van der Waals surface area contributed by atoms with Gasteiger partial charge in [-0.1, -0.05) is 18.2 Å². The summed E-state index contributed by atoms with van der Waals surface area (Å²) in [5.74, 6) is 0.638. The van der Waals surface area contributed by atoms with Gasteiger partial charge in [0.2, 0.25) is 0 Å². The van der Waals surface area contributed by atoms with E-state index in [-0.39, 0.29) is 17.3 Å². The molecule has 1 saturated heterocycles. The number of halogens is 1. The first kappa shape index (κ1) is 16.6. The average Bonchev–Trinajstić information content (AvgIpc) is 3.13. The molecule has 0 amide bonds. The Morgan fingerprint density at radius 3 is 2.92 bits per heavy atom. The van der Waals surface area contributed by atoms with Gasteiger partial charge in [-0.25, -0.2) is 9.37 Å². The molecule has 0 aliphatic carbocycles. The second kappa shape index (κ2) is 7.17. The summed E-state index contributed by atoms with van der Waals surface area (Å²) in [4.78, 5) is 25.9. The smallest absolute Gasteiger partial charge is 0.251 e. The van der Waals surface area contributed by atoms with E-state index in [1.54, 1.807) is 18.5 Å². The van der Waals surface area contributed by atoms with Crippen molar-refractivity contribution >= 4 is 0 Å². The Bertz CT molecular complexity index is 957. The van der Waals surface area contributed by atoms with Gasteiger partial charge in [-0.15, -0.1) is 0 Å². The monoisotopic (exact) mass is 350 g/mol. The number of pyridine rings is 1. The van der Waals surface area contributed by atoms with Gasteiger partial charge >= 0.3 is 0 Å². The highest BCUT2D eigenvalue weighted by atomic mass is 19.1. The number of H-pyrrole nitrogens is 1. The maximum Gasteiger partial charge on any atom is 0.251 e. The van der Waals surface area contributed by atoms with E-state index in [2.05, 4.69) is 19.9 Å². The molecule has 0 bridgehead atoms. The van der Waals surface area contributed by atoms with Crippen molar-refractivity contribution in [2.24, 2.45) is 0 Å². The zero-order chi connectivity index (χ0) is 17.9. The van der Waals surface area contributed by atoms with Crippen LogP contribution in [0.3, 0.4) is 0 Å². The molecule has 3 aromatic rings. The third kappa shape index (κ3) is 3.55. The highest BCUT2D eigenvalue weighted by Crippen LogP contribution is 2.27. The van der Waals surface area contributed by atoms with Gasteiger partial charge in [0.1, 0.15) is 11.6 Å². The van der Waals surface area contributed by atoms with Crippen LogP contribution in [0.1, 0.15) is 23.7 Å². The summed E-state index contributed by atoms with van der Waals surface area (Å²) in [6, 6.07) is 12.0. The molecule has 2 aromatic heterocycles. The Morgan fingerprint density at radius 2 is 2.12 bits per heavy atom. The maximum absolute atomic E-state index is 13.9. The van der Waals surface area contributed by atoms with E-state index in [9.17, 15) is 9.18 Å². The van der Waals surface area contributed by atoms with E-state index in [1.807, 2.05) is 24.3 Å². The van der Waals surface area contributed by atoms with Gasteiger partial charge in [0.05, 0.1) is 5.69 Å². The summed E-state index contributed by atoms with van der Waals surface area (Å²) >= 11 is 0. The van der Waals surface area contributed by atoms with Gasteiger partial charge in [0.15, 0.2) is 0 Å². The zero-order valence-corrected chi connectivity index (χ0v) is 14.2. The summed E-state index contributed by atoms with van der Waals surface area (Å²) in [7, 11) is 0.